The molecule has 0 spiro atoms. The molecule has 3 N–H and O–H groups in total. The molecule has 150 valence electrons. The van der Waals surface area contributed by atoms with Gasteiger partial charge in [-0.3, -0.25) is 5.41 Å². The lowest BCUT2D eigenvalue weighted by atomic mass is 9.83. The smallest absolute Gasteiger partial charge is 0.228 e. The number of nitrogens with zero attached hydrogens (tertiary/aromatic N) is 2. The van der Waals surface area contributed by atoms with E-state index >= 15 is 0 Å². The Morgan fingerprint density at radius 3 is 2.66 bits per heavy atom. The number of fused-ring (bicyclic) bond motifs is 2. The molecule has 0 aliphatic carbocycles. The zero-order valence-corrected chi connectivity index (χ0v) is 16.0. The molecule has 0 amide bonds. The summed E-state index contributed by atoms with van der Waals surface area (Å²) in [5.41, 5.74) is 2.42. The van der Waals surface area contributed by atoms with Gasteiger partial charge in [-0.15, -0.1) is 0 Å². The molecule has 8 heteroatoms. The molecule has 0 saturated carbocycles. The maximum Gasteiger partial charge on any atom is 0.228 e. The third-order valence-electron chi connectivity index (χ3n) is 4.97. The number of aromatic hydroxyl groups is 1. The average Bonchev–Trinajstić information content (AvgIpc) is 2.73. The summed E-state index contributed by atoms with van der Waals surface area (Å²) >= 11 is 0. The highest BCUT2D eigenvalue weighted by molar-refractivity contribution is 5.58. The van der Waals surface area contributed by atoms with Crippen molar-refractivity contribution in [1.29, 1.82) is 5.41 Å². The third kappa shape index (κ3) is 3.17. The third-order valence-corrected chi connectivity index (χ3v) is 4.97. The zero-order valence-electron chi connectivity index (χ0n) is 16.0. The Balaban J connectivity index is 1.98. The molecule has 2 heterocycles. The van der Waals surface area contributed by atoms with Crippen LogP contribution in [0.3, 0.4) is 0 Å². The second kappa shape index (κ2) is 7.48. The van der Waals surface area contributed by atoms with Crippen molar-refractivity contribution in [1.82, 2.24) is 9.55 Å². The highest BCUT2D eigenvalue weighted by atomic mass is 16.5. The van der Waals surface area contributed by atoms with Crippen molar-refractivity contribution in [3.63, 3.8) is 0 Å². The number of aliphatic hydroxyl groups excluding tert-OH is 1. The lowest BCUT2D eigenvalue weighted by molar-refractivity contribution is 0.271. The molecule has 1 atom stereocenters. The van der Waals surface area contributed by atoms with Crippen molar-refractivity contribution in [2.75, 3.05) is 20.8 Å². The largest absolute Gasteiger partial charge is 0.508 e. The zero-order chi connectivity index (χ0) is 20.5. The number of phenols is 1. The number of benzene rings is 2. The fourth-order valence-electron chi connectivity index (χ4n) is 3.61. The Hall–Kier alpha value is -3.52. The van der Waals surface area contributed by atoms with E-state index < -0.39 is 0 Å². The first kappa shape index (κ1) is 18.8. The highest BCUT2D eigenvalue weighted by Gasteiger charge is 2.32. The van der Waals surface area contributed by atoms with E-state index in [4.69, 9.17) is 19.6 Å². The van der Waals surface area contributed by atoms with E-state index in [1.165, 1.54) is 12.4 Å². The monoisotopic (exact) mass is 395 g/mol. The number of hydrogen-bond acceptors (Lipinski definition) is 7. The van der Waals surface area contributed by atoms with E-state index in [-0.39, 0.29) is 30.3 Å². The lowest BCUT2D eigenvalue weighted by Gasteiger charge is -2.29. The van der Waals surface area contributed by atoms with Gasteiger partial charge < -0.3 is 29.0 Å². The van der Waals surface area contributed by atoms with Crippen molar-refractivity contribution in [2.24, 2.45) is 0 Å². The Labute approximate surface area is 167 Å². The Kier molecular flexibility index (Phi) is 4.85. The summed E-state index contributed by atoms with van der Waals surface area (Å²) in [4.78, 5) is 4.35. The normalized spacial score (nSPS) is 14.5. The van der Waals surface area contributed by atoms with E-state index in [9.17, 15) is 10.2 Å². The minimum atomic E-state index is -0.375. The van der Waals surface area contributed by atoms with Gasteiger partial charge in [-0.1, -0.05) is 12.1 Å². The number of phenolic OH excluding ortho intramolecular Hbond substituents is 1. The molecule has 1 aliphatic heterocycles. The Bertz CT molecular complexity index is 1130. The Morgan fingerprint density at radius 1 is 1.14 bits per heavy atom. The van der Waals surface area contributed by atoms with E-state index in [0.29, 0.717) is 28.7 Å². The highest BCUT2D eigenvalue weighted by Crippen LogP contribution is 2.47. The molecule has 0 fully saturated rings. The predicted octanol–water partition coefficient (Wildman–Crippen LogP) is 2.36. The number of nitrogens with one attached hydrogen (secondary N) is 1. The molecule has 0 saturated heterocycles. The van der Waals surface area contributed by atoms with Crippen LogP contribution in [0.2, 0.25) is 0 Å². The number of hydrogen-bond donors (Lipinski definition) is 3. The molecule has 0 radical (unpaired) electrons. The van der Waals surface area contributed by atoms with Gasteiger partial charge in [-0.05, 0) is 23.8 Å². The van der Waals surface area contributed by atoms with Gasteiger partial charge in [-0.2, -0.15) is 0 Å². The maximum absolute atomic E-state index is 9.91. The minimum absolute atomic E-state index is 0.0793. The number of aliphatic hydroxyl groups is 1. The quantitative estimate of drug-likeness (QED) is 0.479. The van der Waals surface area contributed by atoms with Gasteiger partial charge >= 0.3 is 0 Å². The van der Waals surface area contributed by atoms with Gasteiger partial charge in [-0.25, -0.2) is 4.98 Å². The number of methoxy groups -OCH3 is 2. The average molecular weight is 395 g/mol. The molecule has 0 bridgehead atoms. The number of aromatic nitrogens is 2. The fourth-order valence-corrected chi connectivity index (χ4v) is 3.61. The van der Waals surface area contributed by atoms with Crippen LogP contribution in [0.1, 0.15) is 22.6 Å². The maximum atomic E-state index is 9.91. The van der Waals surface area contributed by atoms with Crippen molar-refractivity contribution < 1.29 is 24.4 Å². The van der Waals surface area contributed by atoms with Crippen LogP contribution in [-0.2, 0) is 6.54 Å². The molecule has 4 rings (SSSR count). The first-order chi connectivity index (χ1) is 14.1. The van der Waals surface area contributed by atoms with Crippen molar-refractivity contribution in [3.05, 3.63) is 64.9 Å². The van der Waals surface area contributed by atoms with Crippen LogP contribution in [0.25, 0.3) is 0 Å². The molecule has 8 nitrogen and oxygen atoms in total. The van der Waals surface area contributed by atoms with E-state index in [0.717, 1.165) is 11.1 Å². The standard InChI is InChI=1S/C21H21N3O5/c1-27-15-6-3-12(9-17(15)28-2)18-14-5-4-13(26)10-16(14)29-21-19(18)20(22)24(7-8-25)11-23-21/h3-6,9-11,18,22,25-26H,7-8H2,1-2H3. The van der Waals surface area contributed by atoms with Crippen LogP contribution in [0, 0.1) is 5.41 Å². The summed E-state index contributed by atoms with van der Waals surface area (Å²) in [6.45, 7) is 0.142. The van der Waals surface area contributed by atoms with Crippen LogP contribution >= 0.6 is 0 Å². The van der Waals surface area contributed by atoms with Crippen molar-refractivity contribution in [3.8, 4) is 28.9 Å². The van der Waals surface area contributed by atoms with Crippen molar-refractivity contribution in [2.45, 2.75) is 12.5 Å². The predicted molar refractivity (Wildman–Crippen MR) is 104 cm³/mol. The molecule has 1 aromatic heterocycles. The first-order valence-corrected chi connectivity index (χ1v) is 9.04. The first-order valence-electron chi connectivity index (χ1n) is 9.04. The molecule has 2 aromatic carbocycles. The molecular formula is C21H21N3O5. The van der Waals surface area contributed by atoms with Crippen LogP contribution in [0.4, 0.5) is 0 Å². The number of ether oxygens (including phenoxy) is 3. The molecule has 1 unspecified atom stereocenters. The number of rotatable bonds is 5. The van der Waals surface area contributed by atoms with E-state index in [1.807, 2.05) is 18.2 Å². The second-order valence-corrected chi connectivity index (χ2v) is 6.60. The minimum Gasteiger partial charge on any atom is -0.508 e. The Morgan fingerprint density at radius 2 is 1.93 bits per heavy atom. The van der Waals surface area contributed by atoms with Gasteiger partial charge in [0.2, 0.25) is 5.88 Å². The van der Waals surface area contributed by atoms with Gasteiger partial charge in [0.25, 0.3) is 0 Å². The topological polar surface area (TPSA) is 110 Å². The summed E-state index contributed by atoms with van der Waals surface area (Å²) in [7, 11) is 3.14. The summed E-state index contributed by atoms with van der Waals surface area (Å²) in [5, 5.41) is 27.9. The molecular weight excluding hydrogens is 374 g/mol. The SMILES string of the molecule is COc1ccc(C2c3ccc(O)cc3Oc3ncn(CCO)c(=N)c32)cc1OC. The van der Waals surface area contributed by atoms with Crippen LogP contribution < -0.4 is 19.7 Å². The van der Waals surface area contributed by atoms with Crippen LogP contribution in [0.5, 0.6) is 28.9 Å². The van der Waals surface area contributed by atoms with Gasteiger partial charge in [0.05, 0.1) is 26.4 Å². The molecule has 29 heavy (non-hydrogen) atoms. The van der Waals surface area contributed by atoms with E-state index in [1.54, 1.807) is 30.9 Å². The van der Waals surface area contributed by atoms with Gasteiger partial charge in [0.1, 0.15) is 23.3 Å². The van der Waals surface area contributed by atoms with Gasteiger partial charge in [0.15, 0.2) is 11.5 Å². The summed E-state index contributed by atoms with van der Waals surface area (Å²) in [6.07, 6.45) is 1.47. The van der Waals surface area contributed by atoms with Crippen molar-refractivity contribution >= 4 is 0 Å². The molecule has 1 aliphatic rings. The second-order valence-electron chi connectivity index (χ2n) is 6.60. The fraction of sp³-hybridized carbons (Fsp3) is 0.238. The van der Waals surface area contributed by atoms with E-state index in [2.05, 4.69) is 4.98 Å². The lowest BCUT2D eigenvalue weighted by Crippen LogP contribution is -2.30. The summed E-state index contributed by atoms with van der Waals surface area (Å²) in [6, 6.07) is 10.5. The van der Waals surface area contributed by atoms with Crippen LogP contribution in [0.15, 0.2) is 42.7 Å². The summed E-state index contributed by atoms with van der Waals surface area (Å²) in [5.74, 6) is 1.64. The molecule has 3 aromatic rings. The van der Waals surface area contributed by atoms with Crippen LogP contribution in [-0.4, -0.2) is 40.6 Å². The summed E-state index contributed by atoms with van der Waals surface area (Å²) < 4.78 is 18.3. The van der Waals surface area contributed by atoms with Gasteiger partial charge in [0, 0.05) is 24.1 Å².